The first-order chi connectivity index (χ1) is 12.3. The van der Waals surface area contributed by atoms with E-state index in [-0.39, 0.29) is 28.0 Å². The first kappa shape index (κ1) is 17.0. The summed E-state index contributed by atoms with van der Waals surface area (Å²) in [5, 5.41) is 2.85. The van der Waals surface area contributed by atoms with Crippen molar-refractivity contribution < 1.29 is 4.79 Å². The molecule has 1 heterocycles. The van der Waals surface area contributed by atoms with Gasteiger partial charge >= 0.3 is 0 Å². The second-order valence-corrected chi connectivity index (χ2v) is 8.55. The molecule has 2 aliphatic rings. The summed E-state index contributed by atoms with van der Waals surface area (Å²) in [5.74, 6) is -0.377. The van der Waals surface area contributed by atoms with Gasteiger partial charge < -0.3 is 16.0 Å². The van der Waals surface area contributed by atoms with Crippen LogP contribution in [-0.2, 0) is 18.4 Å². The molecule has 0 unspecified atom stereocenters. The Labute approximate surface area is 153 Å². The van der Waals surface area contributed by atoms with Crippen LogP contribution < -0.4 is 16.6 Å². The molecule has 1 aromatic heterocycles. The SMILES string of the molecule is CC1(C)CCc2cc(C(=O)Nc3cccc(C4(N)CC4)c3)c(=O)[nH]c2C1. The second-order valence-electron chi connectivity index (χ2n) is 8.55. The highest BCUT2D eigenvalue weighted by molar-refractivity contribution is 6.04. The maximum atomic E-state index is 12.7. The van der Waals surface area contributed by atoms with Crippen LogP contribution in [0.15, 0.2) is 35.1 Å². The molecule has 0 bridgehead atoms. The molecular weight excluding hydrogens is 326 g/mol. The van der Waals surface area contributed by atoms with E-state index >= 15 is 0 Å². The number of aromatic amines is 1. The highest BCUT2D eigenvalue weighted by Crippen LogP contribution is 2.43. The third-order valence-electron chi connectivity index (χ3n) is 5.67. The van der Waals surface area contributed by atoms with E-state index in [9.17, 15) is 9.59 Å². The smallest absolute Gasteiger partial charge is 0.261 e. The minimum atomic E-state index is -0.377. The van der Waals surface area contributed by atoms with E-state index in [0.29, 0.717) is 5.69 Å². The topological polar surface area (TPSA) is 88.0 Å². The molecule has 2 aromatic rings. The molecule has 4 rings (SSSR count). The zero-order chi connectivity index (χ0) is 18.5. The van der Waals surface area contributed by atoms with Gasteiger partial charge in [-0.2, -0.15) is 0 Å². The van der Waals surface area contributed by atoms with Gasteiger partial charge in [-0.05, 0) is 66.8 Å². The fraction of sp³-hybridized carbons (Fsp3) is 0.429. The second kappa shape index (κ2) is 5.81. The van der Waals surface area contributed by atoms with Gasteiger partial charge in [0, 0.05) is 16.9 Å². The molecule has 4 N–H and O–H groups in total. The fourth-order valence-electron chi connectivity index (χ4n) is 3.73. The third-order valence-corrected chi connectivity index (χ3v) is 5.67. The van der Waals surface area contributed by atoms with Gasteiger partial charge in [-0.15, -0.1) is 0 Å². The number of nitrogens with two attached hydrogens (primary N) is 1. The number of carbonyl (C=O) groups excluding carboxylic acids is 1. The Morgan fingerprint density at radius 3 is 2.69 bits per heavy atom. The van der Waals surface area contributed by atoms with Gasteiger partial charge in [0.1, 0.15) is 5.56 Å². The maximum Gasteiger partial charge on any atom is 0.261 e. The summed E-state index contributed by atoms with van der Waals surface area (Å²) in [5.41, 5.74) is 9.73. The molecule has 1 fully saturated rings. The number of H-pyrrole nitrogens is 1. The Hall–Kier alpha value is -2.40. The van der Waals surface area contributed by atoms with E-state index < -0.39 is 0 Å². The van der Waals surface area contributed by atoms with Crippen LogP contribution in [0.4, 0.5) is 5.69 Å². The van der Waals surface area contributed by atoms with Gasteiger partial charge in [-0.1, -0.05) is 26.0 Å². The standard InChI is InChI=1S/C21H25N3O2/c1-20(2)7-6-13-10-16(19(26)24-17(13)12-20)18(25)23-15-5-3-4-14(11-15)21(22)8-9-21/h3-5,10-11H,6-9,12,22H2,1-2H3,(H,23,25)(H,24,26). The van der Waals surface area contributed by atoms with Crippen molar-refractivity contribution in [2.24, 2.45) is 11.1 Å². The monoisotopic (exact) mass is 351 g/mol. The normalized spacial score (nSPS) is 19.5. The average molecular weight is 351 g/mol. The number of pyridine rings is 1. The van der Waals surface area contributed by atoms with Gasteiger partial charge in [0.15, 0.2) is 0 Å². The maximum absolute atomic E-state index is 12.7. The van der Waals surface area contributed by atoms with Gasteiger partial charge in [0.2, 0.25) is 0 Å². The van der Waals surface area contributed by atoms with Crippen LogP contribution in [0.3, 0.4) is 0 Å². The van der Waals surface area contributed by atoms with Gasteiger partial charge in [0.05, 0.1) is 0 Å². The number of fused-ring (bicyclic) bond motifs is 1. The summed E-state index contributed by atoms with van der Waals surface area (Å²) in [6.45, 7) is 4.40. The molecule has 2 aliphatic carbocycles. The van der Waals surface area contributed by atoms with E-state index in [0.717, 1.165) is 48.9 Å². The van der Waals surface area contributed by atoms with Crippen molar-refractivity contribution in [3.05, 3.63) is 63.1 Å². The number of hydrogen-bond acceptors (Lipinski definition) is 3. The summed E-state index contributed by atoms with van der Waals surface area (Å²) in [6.07, 6.45) is 4.69. The van der Waals surface area contributed by atoms with Crippen LogP contribution in [-0.4, -0.2) is 10.9 Å². The molecular formula is C21H25N3O2. The van der Waals surface area contributed by atoms with Gasteiger partial charge in [-0.3, -0.25) is 9.59 Å². The molecule has 0 spiro atoms. The van der Waals surface area contributed by atoms with Crippen molar-refractivity contribution in [1.82, 2.24) is 4.98 Å². The molecule has 1 amide bonds. The lowest BCUT2D eigenvalue weighted by Gasteiger charge is -2.30. The number of aromatic nitrogens is 1. The highest BCUT2D eigenvalue weighted by Gasteiger charge is 2.40. The molecule has 0 radical (unpaired) electrons. The van der Waals surface area contributed by atoms with Crippen molar-refractivity contribution >= 4 is 11.6 Å². The van der Waals surface area contributed by atoms with E-state index in [1.165, 1.54) is 0 Å². The number of hydrogen-bond donors (Lipinski definition) is 3. The Morgan fingerprint density at radius 1 is 1.19 bits per heavy atom. The molecule has 0 atom stereocenters. The minimum absolute atomic E-state index is 0.169. The molecule has 5 nitrogen and oxygen atoms in total. The van der Waals surface area contributed by atoms with Crippen LogP contribution in [0, 0.1) is 5.41 Å². The number of rotatable bonds is 3. The summed E-state index contributed by atoms with van der Waals surface area (Å²) >= 11 is 0. The van der Waals surface area contributed by atoms with Crippen LogP contribution in [0.25, 0.3) is 0 Å². The van der Waals surface area contributed by atoms with Crippen molar-refractivity contribution in [2.75, 3.05) is 5.32 Å². The van der Waals surface area contributed by atoms with E-state index in [4.69, 9.17) is 5.73 Å². The first-order valence-corrected chi connectivity index (χ1v) is 9.22. The lowest BCUT2D eigenvalue weighted by Crippen LogP contribution is -2.30. The van der Waals surface area contributed by atoms with Crippen LogP contribution in [0.1, 0.15) is 60.3 Å². The van der Waals surface area contributed by atoms with Crippen molar-refractivity contribution in [1.29, 1.82) is 0 Å². The Morgan fingerprint density at radius 2 is 1.96 bits per heavy atom. The van der Waals surface area contributed by atoms with Crippen LogP contribution in [0.2, 0.25) is 0 Å². The zero-order valence-electron chi connectivity index (χ0n) is 15.3. The number of anilines is 1. The molecule has 26 heavy (non-hydrogen) atoms. The highest BCUT2D eigenvalue weighted by atomic mass is 16.2. The number of benzene rings is 1. The van der Waals surface area contributed by atoms with Crippen molar-refractivity contribution in [3.63, 3.8) is 0 Å². The lowest BCUT2D eigenvalue weighted by atomic mass is 9.76. The summed E-state index contributed by atoms with van der Waals surface area (Å²) in [6, 6.07) is 9.35. The summed E-state index contributed by atoms with van der Waals surface area (Å²) < 4.78 is 0. The number of amides is 1. The van der Waals surface area contributed by atoms with E-state index in [1.54, 1.807) is 6.07 Å². The summed E-state index contributed by atoms with van der Waals surface area (Å²) in [4.78, 5) is 28.0. The Kier molecular flexibility index (Phi) is 3.81. The molecule has 136 valence electrons. The molecule has 1 saturated carbocycles. The van der Waals surface area contributed by atoms with Crippen molar-refractivity contribution in [3.8, 4) is 0 Å². The van der Waals surface area contributed by atoms with Gasteiger partial charge in [-0.25, -0.2) is 0 Å². The Bertz CT molecular complexity index is 939. The number of nitrogens with one attached hydrogen (secondary N) is 2. The first-order valence-electron chi connectivity index (χ1n) is 9.22. The van der Waals surface area contributed by atoms with Crippen molar-refractivity contribution in [2.45, 2.75) is 51.5 Å². The number of carbonyl (C=O) groups is 1. The lowest BCUT2D eigenvalue weighted by molar-refractivity contribution is 0.102. The largest absolute Gasteiger partial charge is 0.325 e. The molecule has 0 saturated heterocycles. The van der Waals surface area contributed by atoms with Crippen LogP contribution >= 0.6 is 0 Å². The molecule has 5 heteroatoms. The predicted molar refractivity (Wildman–Crippen MR) is 102 cm³/mol. The quantitative estimate of drug-likeness (QED) is 0.794. The fourth-order valence-corrected chi connectivity index (χ4v) is 3.73. The van der Waals surface area contributed by atoms with E-state index in [2.05, 4.69) is 24.1 Å². The van der Waals surface area contributed by atoms with Crippen LogP contribution in [0.5, 0.6) is 0 Å². The predicted octanol–water partition coefficient (Wildman–Crippen LogP) is 3.09. The van der Waals surface area contributed by atoms with Gasteiger partial charge in [0.25, 0.3) is 11.5 Å². The van der Waals surface area contributed by atoms with E-state index in [1.807, 2.05) is 24.3 Å². The molecule has 1 aromatic carbocycles. The Balaban J connectivity index is 1.58. The zero-order valence-corrected chi connectivity index (χ0v) is 15.3. The minimum Gasteiger partial charge on any atom is -0.325 e. The average Bonchev–Trinajstić information content (AvgIpc) is 3.32. The number of aryl methyl sites for hydroxylation is 1. The molecule has 0 aliphatic heterocycles. The summed E-state index contributed by atoms with van der Waals surface area (Å²) in [7, 11) is 0. The third kappa shape index (κ3) is 3.19.